The maximum atomic E-state index is 12.4. The highest BCUT2D eigenvalue weighted by Gasteiger charge is 2.36. The van der Waals surface area contributed by atoms with Crippen LogP contribution in [0.15, 0.2) is 0 Å². The zero-order chi connectivity index (χ0) is 12.5. The predicted octanol–water partition coefficient (Wildman–Crippen LogP) is 0.666. The lowest BCUT2D eigenvalue weighted by Gasteiger charge is -2.32. The molecule has 0 aliphatic carbocycles. The topological polar surface area (TPSA) is 66.6 Å². The summed E-state index contributed by atoms with van der Waals surface area (Å²) in [5.41, 5.74) is 5.60. The van der Waals surface area contributed by atoms with Gasteiger partial charge in [0.05, 0.1) is 0 Å². The Balaban J connectivity index is 0.00000162. The maximum Gasteiger partial charge on any atom is 0.281 e. The number of halogens is 1. The first-order valence-electron chi connectivity index (χ1n) is 6.49. The maximum absolute atomic E-state index is 12.4. The summed E-state index contributed by atoms with van der Waals surface area (Å²) in [5.74, 6) is 0.991. The van der Waals surface area contributed by atoms with Crippen LogP contribution in [-0.4, -0.2) is 49.8 Å². The first-order valence-corrected chi connectivity index (χ1v) is 7.89. The standard InChI is InChI=1S/C11H23N3O2S.ClH/c1-10-2-5-13(6-3-10)17(15,16)14-7-4-11(8-12)9-14;/h10-11H,2-9,12H2,1H3;1H. The van der Waals surface area contributed by atoms with E-state index in [9.17, 15) is 8.42 Å². The van der Waals surface area contributed by atoms with E-state index in [4.69, 9.17) is 5.73 Å². The molecule has 0 spiro atoms. The Hall–Kier alpha value is 0.120. The summed E-state index contributed by atoms with van der Waals surface area (Å²) < 4.78 is 28.0. The van der Waals surface area contributed by atoms with Crippen molar-refractivity contribution < 1.29 is 8.42 Å². The number of piperidine rings is 1. The van der Waals surface area contributed by atoms with E-state index < -0.39 is 10.2 Å². The van der Waals surface area contributed by atoms with E-state index in [0.29, 0.717) is 44.6 Å². The lowest BCUT2D eigenvalue weighted by molar-refractivity contribution is 0.269. The molecule has 0 aromatic heterocycles. The minimum Gasteiger partial charge on any atom is -0.330 e. The van der Waals surface area contributed by atoms with Gasteiger partial charge in [-0.1, -0.05) is 6.92 Å². The molecule has 5 nitrogen and oxygen atoms in total. The molecule has 18 heavy (non-hydrogen) atoms. The van der Waals surface area contributed by atoms with Crippen LogP contribution in [0, 0.1) is 11.8 Å². The van der Waals surface area contributed by atoms with E-state index in [-0.39, 0.29) is 12.4 Å². The molecular formula is C11H24ClN3O2S. The summed E-state index contributed by atoms with van der Waals surface area (Å²) in [6, 6.07) is 0. The van der Waals surface area contributed by atoms with E-state index in [1.165, 1.54) is 0 Å². The van der Waals surface area contributed by atoms with Crippen molar-refractivity contribution in [2.45, 2.75) is 26.2 Å². The Morgan fingerprint density at radius 3 is 2.17 bits per heavy atom. The normalized spacial score (nSPS) is 28.2. The molecule has 108 valence electrons. The Kier molecular flexibility index (Phi) is 5.86. The molecule has 2 fully saturated rings. The van der Waals surface area contributed by atoms with Gasteiger partial charge in [0, 0.05) is 26.2 Å². The molecule has 2 aliphatic rings. The Bertz CT molecular complexity index is 347. The van der Waals surface area contributed by atoms with Gasteiger partial charge in [-0.25, -0.2) is 0 Å². The van der Waals surface area contributed by atoms with Gasteiger partial charge in [0.15, 0.2) is 0 Å². The molecule has 2 heterocycles. The fraction of sp³-hybridized carbons (Fsp3) is 1.00. The Morgan fingerprint density at radius 1 is 1.11 bits per heavy atom. The third-order valence-corrected chi connectivity index (χ3v) is 5.98. The molecule has 2 N–H and O–H groups in total. The van der Waals surface area contributed by atoms with Crippen molar-refractivity contribution in [3.63, 3.8) is 0 Å². The van der Waals surface area contributed by atoms with E-state index >= 15 is 0 Å². The molecule has 0 bridgehead atoms. The van der Waals surface area contributed by atoms with Crippen LogP contribution in [0.1, 0.15) is 26.2 Å². The van der Waals surface area contributed by atoms with Crippen molar-refractivity contribution in [2.75, 3.05) is 32.7 Å². The average Bonchev–Trinajstić information content (AvgIpc) is 2.78. The number of nitrogens with two attached hydrogens (primary N) is 1. The SMILES string of the molecule is CC1CCN(S(=O)(=O)N2CCC(CN)C2)CC1.Cl. The molecule has 0 aromatic carbocycles. The molecule has 1 unspecified atom stereocenters. The lowest BCUT2D eigenvalue weighted by atomic mass is 10.0. The summed E-state index contributed by atoms with van der Waals surface area (Å²) in [5, 5.41) is 0. The number of hydrogen-bond donors (Lipinski definition) is 1. The highest BCUT2D eigenvalue weighted by Crippen LogP contribution is 2.24. The van der Waals surface area contributed by atoms with Gasteiger partial charge < -0.3 is 5.73 Å². The van der Waals surface area contributed by atoms with Crippen LogP contribution in [0.4, 0.5) is 0 Å². The van der Waals surface area contributed by atoms with Gasteiger partial charge >= 0.3 is 0 Å². The van der Waals surface area contributed by atoms with Gasteiger partial charge in [0.2, 0.25) is 0 Å². The minimum atomic E-state index is -3.22. The molecule has 0 amide bonds. The van der Waals surface area contributed by atoms with Crippen molar-refractivity contribution in [1.82, 2.24) is 8.61 Å². The first kappa shape index (κ1) is 16.2. The van der Waals surface area contributed by atoms with Crippen LogP contribution >= 0.6 is 12.4 Å². The number of hydrogen-bond acceptors (Lipinski definition) is 3. The van der Waals surface area contributed by atoms with E-state index in [1.807, 2.05) is 0 Å². The second-order valence-electron chi connectivity index (χ2n) is 5.34. The van der Waals surface area contributed by atoms with E-state index in [1.54, 1.807) is 8.61 Å². The molecule has 0 radical (unpaired) electrons. The van der Waals surface area contributed by atoms with Crippen molar-refractivity contribution in [2.24, 2.45) is 17.6 Å². The zero-order valence-electron chi connectivity index (χ0n) is 10.9. The molecule has 2 saturated heterocycles. The van der Waals surface area contributed by atoms with Gasteiger partial charge in [-0.2, -0.15) is 17.0 Å². The highest BCUT2D eigenvalue weighted by atomic mass is 35.5. The van der Waals surface area contributed by atoms with Crippen LogP contribution in [0.3, 0.4) is 0 Å². The Labute approximate surface area is 116 Å². The first-order chi connectivity index (χ1) is 8.04. The van der Waals surface area contributed by atoms with Gasteiger partial charge in [-0.15, -0.1) is 12.4 Å². The Morgan fingerprint density at radius 2 is 1.67 bits per heavy atom. The molecule has 0 aromatic rings. The monoisotopic (exact) mass is 297 g/mol. The van der Waals surface area contributed by atoms with E-state index in [0.717, 1.165) is 19.3 Å². The zero-order valence-corrected chi connectivity index (χ0v) is 12.5. The van der Waals surface area contributed by atoms with Crippen molar-refractivity contribution in [1.29, 1.82) is 0 Å². The number of nitrogens with zero attached hydrogens (tertiary/aromatic N) is 2. The fourth-order valence-corrected chi connectivity index (χ4v) is 4.31. The molecule has 1 atom stereocenters. The third kappa shape index (κ3) is 3.36. The van der Waals surface area contributed by atoms with Crippen LogP contribution in [0.5, 0.6) is 0 Å². The van der Waals surface area contributed by atoms with Gasteiger partial charge in [-0.3, -0.25) is 0 Å². The molecule has 0 saturated carbocycles. The van der Waals surface area contributed by atoms with Gasteiger partial charge in [0.25, 0.3) is 10.2 Å². The molecule has 7 heteroatoms. The lowest BCUT2D eigenvalue weighted by Crippen LogP contribution is -2.46. The molecule has 2 aliphatic heterocycles. The summed E-state index contributed by atoms with van der Waals surface area (Å²) in [6.07, 6.45) is 2.86. The minimum absolute atomic E-state index is 0. The summed E-state index contributed by atoms with van der Waals surface area (Å²) in [6.45, 7) is 5.36. The summed E-state index contributed by atoms with van der Waals surface area (Å²) in [7, 11) is -3.22. The third-order valence-electron chi connectivity index (χ3n) is 3.98. The second kappa shape index (κ2) is 6.52. The summed E-state index contributed by atoms with van der Waals surface area (Å²) >= 11 is 0. The van der Waals surface area contributed by atoms with Crippen LogP contribution < -0.4 is 5.73 Å². The average molecular weight is 298 g/mol. The van der Waals surface area contributed by atoms with Gasteiger partial charge in [0.1, 0.15) is 0 Å². The quantitative estimate of drug-likeness (QED) is 0.832. The molecular weight excluding hydrogens is 274 g/mol. The second-order valence-corrected chi connectivity index (χ2v) is 7.27. The van der Waals surface area contributed by atoms with Crippen molar-refractivity contribution >= 4 is 22.6 Å². The van der Waals surface area contributed by atoms with Crippen molar-refractivity contribution in [3.8, 4) is 0 Å². The van der Waals surface area contributed by atoms with Gasteiger partial charge in [-0.05, 0) is 37.6 Å². The largest absolute Gasteiger partial charge is 0.330 e. The smallest absolute Gasteiger partial charge is 0.281 e. The highest BCUT2D eigenvalue weighted by molar-refractivity contribution is 7.86. The van der Waals surface area contributed by atoms with E-state index in [2.05, 4.69) is 6.92 Å². The summed E-state index contributed by atoms with van der Waals surface area (Å²) in [4.78, 5) is 0. The molecule has 2 rings (SSSR count). The number of rotatable bonds is 3. The van der Waals surface area contributed by atoms with Crippen LogP contribution in [-0.2, 0) is 10.2 Å². The van der Waals surface area contributed by atoms with Crippen molar-refractivity contribution in [3.05, 3.63) is 0 Å². The van der Waals surface area contributed by atoms with Crippen LogP contribution in [0.25, 0.3) is 0 Å². The fourth-order valence-electron chi connectivity index (χ4n) is 2.58. The van der Waals surface area contributed by atoms with Crippen LogP contribution in [0.2, 0.25) is 0 Å². The predicted molar refractivity (Wildman–Crippen MR) is 74.9 cm³/mol.